The molecule has 18 heavy (non-hydrogen) atoms. The number of anilines is 1. The number of ether oxygens (including phenoxy) is 1. The van der Waals surface area contributed by atoms with Crippen LogP contribution in [0.5, 0.6) is 5.75 Å². The van der Waals surface area contributed by atoms with Crippen molar-refractivity contribution in [1.82, 2.24) is 4.98 Å². The Kier molecular flexibility index (Phi) is 3.87. The molecule has 0 spiro atoms. The number of aryl methyl sites for hydroxylation is 1. The van der Waals surface area contributed by atoms with Gasteiger partial charge < -0.3 is 10.5 Å². The fraction of sp³-hybridized carbons (Fsp3) is 0.357. The molecule has 2 aromatic rings. The van der Waals surface area contributed by atoms with E-state index in [2.05, 4.69) is 44.0 Å². The first kappa shape index (κ1) is 12.9. The zero-order valence-electron chi connectivity index (χ0n) is 10.9. The summed E-state index contributed by atoms with van der Waals surface area (Å²) in [6.07, 6.45) is 1.77. The first-order valence-electron chi connectivity index (χ1n) is 6.00. The van der Waals surface area contributed by atoms with Gasteiger partial charge in [-0.25, -0.2) is 4.98 Å². The zero-order valence-corrected chi connectivity index (χ0v) is 11.8. The van der Waals surface area contributed by atoms with Crippen LogP contribution in [0.1, 0.15) is 35.8 Å². The van der Waals surface area contributed by atoms with Crippen LogP contribution in [0.2, 0.25) is 0 Å². The molecule has 0 aliphatic carbocycles. The minimum atomic E-state index is 0.451. The third-order valence-electron chi connectivity index (χ3n) is 2.73. The topological polar surface area (TPSA) is 48.1 Å². The largest absolute Gasteiger partial charge is 0.488 e. The molecule has 1 heterocycles. The van der Waals surface area contributed by atoms with Crippen LogP contribution in [0.25, 0.3) is 0 Å². The molecule has 0 saturated heterocycles. The first-order chi connectivity index (χ1) is 8.56. The second-order valence-corrected chi connectivity index (χ2v) is 5.80. The second-order valence-electron chi connectivity index (χ2n) is 4.65. The van der Waals surface area contributed by atoms with Gasteiger partial charge in [0, 0.05) is 6.20 Å². The number of nitrogens with two attached hydrogens (primary N) is 1. The summed E-state index contributed by atoms with van der Waals surface area (Å²) in [5.41, 5.74) is 8.04. The van der Waals surface area contributed by atoms with Crippen molar-refractivity contribution in [3.8, 4) is 5.75 Å². The van der Waals surface area contributed by atoms with Crippen molar-refractivity contribution in [1.29, 1.82) is 0 Å². The Balaban J connectivity index is 2.15. The highest BCUT2D eigenvalue weighted by Gasteiger charge is 2.09. The number of nitrogens with zero attached hydrogens (tertiary/aromatic N) is 1. The van der Waals surface area contributed by atoms with Gasteiger partial charge in [-0.2, -0.15) is 0 Å². The van der Waals surface area contributed by atoms with Crippen molar-refractivity contribution in [2.45, 2.75) is 33.3 Å². The Bertz CT molecular complexity index is 534. The second kappa shape index (κ2) is 5.40. The smallest absolute Gasteiger partial charge is 0.180 e. The lowest BCUT2D eigenvalue weighted by atomic mass is 10.0. The number of thiazole rings is 1. The SMILES string of the molecule is Cc1ccc(C(C)C)c(OCc2cnc(N)s2)c1. The quantitative estimate of drug-likeness (QED) is 0.913. The van der Waals surface area contributed by atoms with Crippen molar-refractivity contribution < 1.29 is 4.74 Å². The summed E-state index contributed by atoms with van der Waals surface area (Å²) in [5.74, 6) is 1.41. The summed E-state index contributed by atoms with van der Waals surface area (Å²) >= 11 is 1.47. The summed E-state index contributed by atoms with van der Waals surface area (Å²) in [7, 11) is 0. The summed E-state index contributed by atoms with van der Waals surface area (Å²) < 4.78 is 5.89. The lowest BCUT2D eigenvalue weighted by Gasteiger charge is -2.14. The predicted molar refractivity (Wildman–Crippen MR) is 76.1 cm³/mol. The van der Waals surface area contributed by atoms with E-state index < -0.39 is 0 Å². The highest BCUT2D eigenvalue weighted by molar-refractivity contribution is 7.15. The Labute approximate surface area is 112 Å². The van der Waals surface area contributed by atoms with Gasteiger partial charge in [-0.15, -0.1) is 0 Å². The van der Waals surface area contributed by atoms with Gasteiger partial charge in [0.2, 0.25) is 0 Å². The molecule has 2 N–H and O–H groups in total. The maximum Gasteiger partial charge on any atom is 0.180 e. The fourth-order valence-electron chi connectivity index (χ4n) is 1.78. The molecule has 0 radical (unpaired) electrons. The molecular formula is C14H18N2OS. The van der Waals surface area contributed by atoms with Crippen LogP contribution in [-0.2, 0) is 6.61 Å². The number of hydrogen-bond donors (Lipinski definition) is 1. The summed E-state index contributed by atoms with van der Waals surface area (Å²) in [6, 6.07) is 6.34. The fourth-order valence-corrected chi connectivity index (χ4v) is 2.38. The summed E-state index contributed by atoms with van der Waals surface area (Å²) in [4.78, 5) is 5.07. The van der Waals surface area contributed by atoms with E-state index in [0.717, 1.165) is 10.6 Å². The van der Waals surface area contributed by atoms with Crippen molar-refractivity contribution in [3.05, 3.63) is 40.4 Å². The average Bonchev–Trinajstić information content (AvgIpc) is 2.72. The Morgan fingerprint density at radius 3 is 2.78 bits per heavy atom. The molecule has 96 valence electrons. The van der Waals surface area contributed by atoms with Gasteiger partial charge in [0.1, 0.15) is 12.4 Å². The minimum Gasteiger partial charge on any atom is -0.488 e. The molecular weight excluding hydrogens is 244 g/mol. The van der Waals surface area contributed by atoms with Crippen LogP contribution in [0.4, 0.5) is 5.13 Å². The highest BCUT2D eigenvalue weighted by Crippen LogP contribution is 2.28. The van der Waals surface area contributed by atoms with Gasteiger partial charge in [-0.05, 0) is 30.0 Å². The minimum absolute atomic E-state index is 0.451. The third-order valence-corrected chi connectivity index (χ3v) is 3.53. The van der Waals surface area contributed by atoms with Crippen LogP contribution in [-0.4, -0.2) is 4.98 Å². The van der Waals surface area contributed by atoms with Gasteiger partial charge >= 0.3 is 0 Å². The number of nitrogen functional groups attached to an aromatic ring is 1. The Hall–Kier alpha value is -1.55. The van der Waals surface area contributed by atoms with Gasteiger partial charge in [0.15, 0.2) is 5.13 Å². The van der Waals surface area contributed by atoms with Gasteiger partial charge in [0.25, 0.3) is 0 Å². The molecule has 0 aliphatic rings. The molecule has 0 bridgehead atoms. The average molecular weight is 262 g/mol. The number of benzene rings is 1. The number of rotatable bonds is 4. The maximum absolute atomic E-state index is 5.89. The van der Waals surface area contributed by atoms with Gasteiger partial charge in [-0.3, -0.25) is 0 Å². The normalized spacial score (nSPS) is 10.9. The lowest BCUT2D eigenvalue weighted by Crippen LogP contribution is -1.99. The standard InChI is InChI=1S/C14H18N2OS/c1-9(2)12-5-4-10(3)6-13(12)17-8-11-7-16-14(15)18-11/h4-7,9H,8H2,1-3H3,(H2,15,16). The molecule has 0 amide bonds. The molecule has 2 rings (SSSR count). The lowest BCUT2D eigenvalue weighted by molar-refractivity contribution is 0.305. The molecule has 0 aliphatic heterocycles. The van der Waals surface area contributed by atoms with E-state index in [-0.39, 0.29) is 0 Å². The molecule has 0 atom stereocenters. The molecule has 1 aromatic carbocycles. The molecule has 3 nitrogen and oxygen atoms in total. The summed E-state index contributed by atoms with van der Waals surface area (Å²) in [5, 5.41) is 0.585. The van der Waals surface area contributed by atoms with Crippen LogP contribution < -0.4 is 10.5 Å². The predicted octanol–water partition coefficient (Wildman–Crippen LogP) is 3.74. The molecule has 1 aromatic heterocycles. The van der Waals surface area contributed by atoms with Crippen LogP contribution in [0.15, 0.2) is 24.4 Å². The summed E-state index contributed by atoms with van der Waals surface area (Å²) in [6.45, 7) is 6.93. The van der Waals surface area contributed by atoms with Crippen LogP contribution in [0.3, 0.4) is 0 Å². The van der Waals surface area contributed by atoms with E-state index in [9.17, 15) is 0 Å². The third kappa shape index (κ3) is 3.01. The van der Waals surface area contributed by atoms with E-state index in [0.29, 0.717) is 17.7 Å². The van der Waals surface area contributed by atoms with E-state index >= 15 is 0 Å². The monoisotopic (exact) mass is 262 g/mol. The Morgan fingerprint density at radius 2 is 2.17 bits per heavy atom. The van der Waals surface area contributed by atoms with Crippen LogP contribution in [0, 0.1) is 6.92 Å². The Morgan fingerprint density at radius 1 is 1.39 bits per heavy atom. The van der Waals surface area contributed by atoms with Crippen molar-refractivity contribution in [2.75, 3.05) is 5.73 Å². The number of hydrogen-bond acceptors (Lipinski definition) is 4. The highest BCUT2D eigenvalue weighted by atomic mass is 32.1. The molecule has 0 saturated carbocycles. The van der Waals surface area contributed by atoms with E-state index in [1.165, 1.54) is 22.5 Å². The molecule has 0 unspecified atom stereocenters. The zero-order chi connectivity index (χ0) is 13.1. The first-order valence-corrected chi connectivity index (χ1v) is 6.81. The molecule has 0 fully saturated rings. The maximum atomic E-state index is 5.89. The van der Waals surface area contributed by atoms with E-state index in [1.807, 2.05) is 0 Å². The molecule has 4 heteroatoms. The van der Waals surface area contributed by atoms with Crippen LogP contribution >= 0.6 is 11.3 Å². The van der Waals surface area contributed by atoms with Gasteiger partial charge in [0.05, 0.1) is 4.88 Å². The van der Waals surface area contributed by atoms with Crippen molar-refractivity contribution >= 4 is 16.5 Å². The number of aromatic nitrogens is 1. The van der Waals surface area contributed by atoms with Crippen molar-refractivity contribution in [2.24, 2.45) is 0 Å². The van der Waals surface area contributed by atoms with E-state index in [1.54, 1.807) is 6.20 Å². The van der Waals surface area contributed by atoms with E-state index in [4.69, 9.17) is 10.5 Å². The van der Waals surface area contributed by atoms with Gasteiger partial charge in [-0.1, -0.05) is 37.3 Å². The van der Waals surface area contributed by atoms with Crippen molar-refractivity contribution in [3.63, 3.8) is 0 Å².